The number of aromatic nitrogens is 1. The summed E-state index contributed by atoms with van der Waals surface area (Å²) in [6.07, 6.45) is 2.29. The zero-order valence-corrected chi connectivity index (χ0v) is 11.7. The molecule has 1 aliphatic rings. The lowest BCUT2D eigenvalue weighted by atomic mass is 10.0. The summed E-state index contributed by atoms with van der Waals surface area (Å²) in [4.78, 5) is 18.0. The van der Waals surface area contributed by atoms with Gasteiger partial charge in [-0.1, -0.05) is 0 Å². The van der Waals surface area contributed by atoms with Gasteiger partial charge in [0.2, 0.25) is 5.91 Å². The lowest BCUT2D eigenvalue weighted by molar-refractivity contribution is -0.122. The van der Waals surface area contributed by atoms with Crippen LogP contribution in [0.15, 0.2) is 10.7 Å². The van der Waals surface area contributed by atoms with Crippen molar-refractivity contribution in [3.05, 3.63) is 17.8 Å². The van der Waals surface area contributed by atoms with Gasteiger partial charge >= 0.3 is 0 Å². The lowest BCUT2D eigenvalue weighted by Gasteiger charge is -2.15. The van der Waals surface area contributed by atoms with Gasteiger partial charge in [0.15, 0.2) is 5.89 Å². The van der Waals surface area contributed by atoms with Crippen LogP contribution in [0.25, 0.3) is 0 Å². The first-order valence-corrected chi connectivity index (χ1v) is 6.49. The molecule has 6 heteroatoms. The van der Waals surface area contributed by atoms with Crippen molar-refractivity contribution in [2.24, 2.45) is 5.92 Å². The zero-order valence-electron chi connectivity index (χ0n) is 11.7. The van der Waals surface area contributed by atoms with Gasteiger partial charge in [0.25, 0.3) is 0 Å². The molecule has 1 aromatic rings. The van der Waals surface area contributed by atoms with Crippen molar-refractivity contribution >= 4 is 5.91 Å². The second-order valence-corrected chi connectivity index (χ2v) is 4.96. The first-order valence-electron chi connectivity index (χ1n) is 6.49. The van der Waals surface area contributed by atoms with Crippen molar-refractivity contribution < 1.29 is 13.9 Å². The topological polar surface area (TPSA) is 67.6 Å². The average molecular weight is 267 g/mol. The van der Waals surface area contributed by atoms with E-state index in [4.69, 9.17) is 9.15 Å². The number of ether oxygens (including phenoxy) is 1. The van der Waals surface area contributed by atoms with E-state index in [0.29, 0.717) is 12.3 Å². The van der Waals surface area contributed by atoms with E-state index in [1.807, 2.05) is 6.92 Å². The summed E-state index contributed by atoms with van der Waals surface area (Å²) in [6, 6.07) is 0. The maximum Gasteiger partial charge on any atom is 0.220 e. The van der Waals surface area contributed by atoms with E-state index in [2.05, 4.69) is 15.2 Å². The molecule has 0 saturated carbocycles. The van der Waals surface area contributed by atoms with E-state index < -0.39 is 0 Å². The third-order valence-electron chi connectivity index (χ3n) is 3.54. The maximum atomic E-state index is 11.5. The monoisotopic (exact) mass is 267 g/mol. The van der Waals surface area contributed by atoms with Crippen molar-refractivity contribution in [3.8, 4) is 0 Å². The Hall–Kier alpha value is -1.40. The van der Waals surface area contributed by atoms with Crippen molar-refractivity contribution in [2.45, 2.75) is 26.0 Å². The quantitative estimate of drug-likeness (QED) is 0.844. The third kappa shape index (κ3) is 3.54. The molecule has 0 spiro atoms. The molecule has 2 atom stereocenters. The molecule has 0 radical (unpaired) electrons. The van der Waals surface area contributed by atoms with Crippen molar-refractivity contribution in [1.82, 2.24) is 15.2 Å². The van der Waals surface area contributed by atoms with Gasteiger partial charge < -0.3 is 14.5 Å². The van der Waals surface area contributed by atoms with Crippen LogP contribution in [0.1, 0.15) is 18.0 Å². The molecular weight excluding hydrogens is 246 g/mol. The lowest BCUT2D eigenvalue weighted by Crippen LogP contribution is -2.28. The third-order valence-corrected chi connectivity index (χ3v) is 3.54. The van der Waals surface area contributed by atoms with Crippen LogP contribution in [-0.4, -0.2) is 49.1 Å². The summed E-state index contributed by atoms with van der Waals surface area (Å²) in [7, 11) is 3.36. The number of hydrogen-bond donors (Lipinski definition) is 1. The van der Waals surface area contributed by atoms with E-state index >= 15 is 0 Å². The number of carbonyl (C=O) groups excluding carboxylic acids is 1. The molecule has 1 fully saturated rings. The van der Waals surface area contributed by atoms with Gasteiger partial charge in [0.1, 0.15) is 6.26 Å². The van der Waals surface area contributed by atoms with Gasteiger partial charge in [0, 0.05) is 53.1 Å². The van der Waals surface area contributed by atoms with Crippen LogP contribution < -0.4 is 5.32 Å². The largest absolute Gasteiger partial charge is 0.449 e. The number of amides is 1. The number of carbonyl (C=O) groups is 1. The van der Waals surface area contributed by atoms with Crippen LogP contribution >= 0.6 is 0 Å². The number of nitrogens with zero attached hydrogens (tertiary/aromatic N) is 2. The molecule has 1 aromatic heterocycles. The fourth-order valence-electron chi connectivity index (χ4n) is 2.57. The molecule has 0 aromatic carbocycles. The molecule has 19 heavy (non-hydrogen) atoms. The highest BCUT2D eigenvalue weighted by atomic mass is 16.5. The molecule has 2 heterocycles. The Morgan fingerprint density at radius 1 is 1.63 bits per heavy atom. The number of methoxy groups -OCH3 is 1. The number of oxazole rings is 1. The number of aryl methyl sites for hydroxylation is 1. The highest BCUT2D eigenvalue weighted by Crippen LogP contribution is 2.24. The minimum absolute atomic E-state index is 0.0613. The van der Waals surface area contributed by atoms with Gasteiger partial charge in [-0.15, -0.1) is 0 Å². The summed E-state index contributed by atoms with van der Waals surface area (Å²) in [5.41, 5.74) is 0.924. The Bertz CT molecular complexity index is 433. The second-order valence-electron chi connectivity index (χ2n) is 4.96. The summed E-state index contributed by atoms with van der Waals surface area (Å²) >= 11 is 0. The maximum absolute atomic E-state index is 11.5. The van der Waals surface area contributed by atoms with Gasteiger partial charge in [0.05, 0.1) is 11.8 Å². The van der Waals surface area contributed by atoms with Crippen molar-refractivity contribution in [3.63, 3.8) is 0 Å². The van der Waals surface area contributed by atoms with E-state index in [1.165, 1.54) is 0 Å². The molecule has 0 bridgehead atoms. The van der Waals surface area contributed by atoms with E-state index in [9.17, 15) is 4.79 Å². The standard InChI is InChI=1S/C13H21N3O3/c1-9-15-11(8-19-9)6-16-5-10(4-13(17)14-2)12(7-16)18-3/h8,10,12H,4-7H2,1-3H3,(H,14,17)/t10-,12+/m1/s1. The van der Waals surface area contributed by atoms with Crippen LogP contribution in [0.3, 0.4) is 0 Å². The minimum atomic E-state index is 0.0613. The van der Waals surface area contributed by atoms with E-state index in [0.717, 1.165) is 25.3 Å². The number of nitrogens with one attached hydrogen (secondary N) is 1. The fraction of sp³-hybridized carbons (Fsp3) is 0.692. The molecule has 1 amide bonds. The normalized spacial score (nSPS) is 23.7. The molecule has 0 unspecified atom stereocenters. The number of likely N-dealkylation sites (tertiary alicyclic amines) is 1. The molecular formula is C13H21N3O3. The van der Waals surface area contributed by atoms with Crippen LogP contribution in [0.2, 0.25) is 0 Å². The van der Waals surface area contributed by atoms with E-state index in [1.54, 1.807) is 20.4 Å². The number of hydrogen-bond acceptors (Lipinski definition) is 5. The number of rotatable bonds is 5. The van der Waals surface area contributed by atoms with Crippen LogP contribution in [0.4, 0.5) is 0 Å². The molecule has 106 valence electrons. The van der Waals surface area contributed by atoms with Crippen LogP contribution in [0.5, 0.6) is 0 Å². The Morgan fingerprint density at radius 3 is 3.00 bits per heavy atom. The molecule has 1 N–H and O–H groups in total. The first kappa shape index (κ1) is 14.0. The molecule has 2 rings (SSSR count). The van der Waals surface area contributed by atoms with Gasteiger partial charge in [-0.25, -0.2) is 4.98 Å². The summed E-state index contributed by atoms with van der Waals surface area (Å²) in [6.45, 7) is 4.24. The summed E-state index contributed by atoms with van der Waals surface area (Å²) in [5.74, 6) is 0.975. The summed E-state index contributed by atoms with van der Waals surface area (Å²) < 4.78 is 10.7. The first-order chi connectivity index (χ1) is 9.12. The molecule has 0 aliphatic carbocycles. The van der Waals surface area contributed by atoms with Gasteiger partial charge in [-0.3, -0.25) is 9.69 Å². The van der Waals surface area contributed by atoms with Crippen molar-refractivity contribution in [1.29, 1.82) is 0 Å². The Kier molecular flexibility index (Phi) is 4.55. The van der Waals surface area contributed by atoms with E-state index in [-0.39, 0.29) is 17.9 Å². The Morgan fingerprint density at radius 2 is 2.42 bits per heavy atom. The smallest absolute Gasteiger partial charge is 0.220 e. The van der Waals surface area contributed by atoms with Crippen molar-refractivity contribution in [2.75, 3.05) is 27.2 Å². The highest BCUT2D eigenvalue weighted by Gasteiger charge is 2.34. The Labute approximate surface area is 113 Å². The fourth-order valence-corrected chi connectivity index (χ4v) is 2.57. The van der Waals surface area contributed by atoms with Gasteiger partial charge in [-0.2, -0.15) is 0 Å². The highest BCUT2D eigenvalue weighted by molar-refractivity contribution is 5.75. The molecule has 1 saturated heterocycles. The summed E-state index contributed by atoms with van der Waals surface area (Å²) in [5, 5.41) is 2.66. The molecule has 1 aliphatic heterocycles. The second kappa shape index (κ2) is 6.16. The predicted octanol–water partition coefficient (Wildman–Crippen LogP) is 0.566. The molecule has 6 nitrogen and oxygen atoms in total. The minimum Gasteiger partial charge on any atom is -0.449 e. The van der Waals surface area contributed by atoms with Gasteiger partial charge in [-0.05, 0) is 0 Å². The van der Waals surface area contributed by atoms with Crippen LogP contribution in [-0.2, 0) is 16.1 Å². The Balaban J connectivity index is 1.92. The SMILES string of the molecule is CNC(=O)C[C@@H]1CN(Cc2coc(C)n2)C[C@@H]1OC. The van der Waals surface area contributed by atoms with Crippen LogP contribution in [0, 0.1) is 12.8 Å². The zero-order chi connectivity index (χ0) is 13.8. The predicted molar refractivity (Wildman–Crippen MR) is 69.5 cm³/mol. The average Bonchev–Trinajstić information content (AvgIpc) is 2.96.